The van der Waals surface area contributed by atoms with Crippen LogP contribution in [0.1, 0.15) is 13.8 Å². The molecule has 0 unspecified atom stereocenters. The van der Waals surface area contributed by atoms with Gasteiger partial charge in [0.15, 0.2) is 0 Å². The Bertz CT molecular complexity index is 229. The van der Waals surface area contributed by atoms with Gasteiger partial charge in [-0.3, -0.25) is 0 Å². The fourth-order valence-electron chi connectivity index (χ4n) is 0.600. The lowest BCUT2D eigenvalue weighted by atomic mass is 10.1. The number of rotatable bonds is 1. The molecule has 0 aromatic heterocycles. The van der Waals surface area contributed by atoms with Gasteiger partial charge in [0.2, 0.25) is 0 Å². The third-order valence-corrected chi connectivity index (χ3v) is 1.18. The minimum Gasteiger partial charge on any atom is -0.238 e. The van der Waals surface area contributed by atoms with Crippen LogP contribution in [0.5, 0.6) is 0 Å². The number of hydrogen-bond acceptors (Lipinski definition) is 3. The zero-order valence-corrected chi connectivity index (χ0v) is 6.07. The molecular formula is C7H9N3. The van der Waals surface area contributed by atoms with Crippen LogP contribution in [0.2, 0.25) is 0 Å². The van der Waals surface area contributed by atoms with Crippen LogP contribution < -0.4 is 0 Å². The highest BCUT2D eigenvalue weighted by molar-refractivity contribution is 6.05. The van der Waals surface area contributed by atoms with Crippen LogP contribution in [0.25, 0.3) is 0 Å². The highest BCUT2D eigenvalue weighted by atomic mass is 15.2. The van der Waals surface area contributed by atoms with Crippen molar-refractivity contribution < 1.29 is 0 Å². The maximum Gasteiger partial charge on any atom is 0.139 e. The Morgan fingerprint density at radius 2 is 2.30 bits per heavy atom. The highest BCUT2D eigenvalue weighted by Gasteiger charge is 1.99. The minimum atomic E-state index is 0.409. The first kappa shape index (κ1) is 6.90. The summed E-state index contributed by atoms with van der Waals surface area (Å²) in [6.45, 7) is 4.13. The van der Waals surface area contributed by atoms with Crippen LogP contribution in [0.15, 0.2) is 21.3 Å². The normalized spacial score (nSPS) is 15.7. The third-order valence-electron chi connectivity index (χ3n) is 1.18. The van der Waals surface area contributed by atoms with Gasteiger partial charge in [-0.1, -0.05) is 13.8 Å². The topological polar surface area (TPSA) is 37.1 Å². The predicted molar refractivity (Wildman–Crippen MR) is 42.8 cm³/mol. The molecule has 3 nitrogen and oxygen atoms in total. The molecule has 0 radical (unpaired) electrons. The molecule has 52 valence electrons. The second kappa shape index (κ2) is 3.08. The molecule has 3 heteroatoms. The van der Waals surface area contributed by atoms with E-state index in [2.05, 4.69) is 34.9 Å². The van der Waals surface area contributed by atoms with Gasteiger partial charge in [-0.15, -0.1) is 10.2 Å². The largest absolute Gasteiger partial charge is 0.238 e. The van der Waals surface area contributed by atoms with Crippen LogP contribution in [0.4, 0.5) is 0 Å². The molecule has 10 heavy (non-hydrogen) atoms. The maximum atomic E-state index is 4.04. The van der Waals surface area contributed by atoms with Crippen LogP contribution in [-0.2, 0) is 0 Å². The average Bonchev–Trinajstić information content (AvgIpc) is 2.12. The zero-order valence-electron chi connectivity index (χ0n) is 6.07. The molecule has 0 aliphatic carbocycles. The number of nitrogens with zero attached hydrogens (tertiary/aromatic N) is 3. The molecule has 1 heterocycles. The summed E-state index contributed by atoms with van der Waals surface area (Å²) in [5.74, 6) is 3.06. The van der Waals surface area contributed by atoms with E-state index in [-0.39, 0.29) is 0 Å². The SMILES string of the molecule is CC(C)C1=NC=NN=C=C1. The molecule has 0 N–H and O–H groups in total. The molecule has 0 bridgehead atoms. The Labute approximate surface area is 59.9 Å². The smallest absolute Gasteiger partial charge is 0.139 e. The molecule has 0 fully saturated rings. The fraction of sp³-hybridized carbons (Fsp3) is 0.429. The van der Waals surface area contributed by atoms with Crippen molar-refractivity contribution >= 4 is 17.9 Å². The summed E-state index contributed by atoms with van der Waals surface area (Å²) in [7, 11) is 0. The summed E-state index contributed by atoms with van der Waals surface area (Å²) >= 11 is 0. The van der Waals surface area contributed by atoms with E-state index in [1.165, 1.54) is 6.34 Å². The van der Waals surface area contributed by atoms with E-state index in [1.54, 1.807) is 6.08 Å². The lowest BCUT2D eigenvalue weighted by Crippen LogP contribution is -2.03. The van der Waals surface area contributed by atoms with Gasteiger partial charge in [0, 0.05) is 11.9 Å². The van der Waals surface area contributed by atoms with Crippen molar-refractivity contribution in [2.45, 2.75) is 13.8 Å². The van der Waals surface area contributed by atoms with E-state index < -0.39 is 0 Å². The Hall–Kier alpha value is -1.21. The second-order valence-electron chi connectivity index (χ2n) is 2.31. The van der Waals surface area contributed by atoms with Gasteiger partial charge in [-0.2, -0.15) is 0 Å². The summed E-state index contributed by atoms with van der Waals surface area (Å²) in [6, 6.07) is 0. The lowest BCUT2D eigenvalue weighted by Gasteiger charge is -1.98. The van der Waals surface area contributed by atoms with E-state index in [4.69, 9.17) is 0 Å². The molecule has 1 aliphatic heterocycles. The Kier molecular flexibility index (Phi) is 2.13. The highest BCUT2D eigenvalue weighted by Crippen LogP contribution is 1.97. The first-order valence-electron chi connectivity index (χ1n) is 3.18. The Morgan fingerprint density at radius 1 is 1.50 bits per heavy atom. The fourth-order valence-corrected chi connectivity index (χ4v) is 0.600. The van der Waals surface area contributed by atoms with Gasteiger partial charge in [0.25, 0.3) is 0 Å². The Morgan fingerprint density at radius 3 is 3.00 bits per heavy atom. The molecule has 1 aliphatic rings. The summed E-state index contributed by atoms with van der Waals surface area (Å²) in [5.41, 5.74) is 0.963. The predicted octanol–water partition coefficient (Wildman–Crippen LogP) is 1.27. The van der Waals surface area contributed by atoms with Crippen LogP contribution in [0.3, 0.4) is 0 Å². The van der Waals surface area contributed by atoms with Crippen molar-refractivity contribution in [2.24, 2.45) is 21.1 Å². The van der Waals surface area contributed by atoms with Crippen molar-refractivity contribution in [3.8, 4) is 0 Å². The van der Waals surface area contributed by atoms with Gasteiger partial charge < -0.3 is 0 Å². The van der Waals surface area contributed by atoms with Crippen molar-refractivity contribution in [1.82, 2.24) is 0 Å². The second-order valence-corrected chi connectivity index (χ2v) is 2.31. The number of aliphatic imine (C=N–C) groups is 1. The van der Waals surface area contributed by atoms with Crippen molar-refractivity contribution in [2.75, 3.05) is 0 Å². The standard InChI is InChI=1S/C7H9N3/c1-6(2)7-3-4-9-10-5-8-7/h3,5-6H,1-2H3. The van der Waals surface area contributed by atoms with E-state index in [0.29, 0.717) is 5.92 Å². The van der Waals surface area contributed by atoms with Crippen molar-refractivity contribution in [1.29, 1.82) is 0 Å². The van der Waals surface area contributed by atoms with Gasteiger partial charge in [0.05, 0.1) is 5.71 Å². The molecule has 0 amide bonds. The van der Waals surface area contributed by atoms with Crippen molar-refractivity contribution in [3.63, 3.8) is 0 Å². The maximum absolute atomic E-state index is 4.04. The van der Waals surface area contributed by atoms with Gasteiger partial charge in [0.1, 0.15) is 6.34 Å². The van der Waals surface area contributed by atoms with E-state index in [9.17, 15) is 0 Å². The summed E-state index contributed by atoms with van der Waals surface area (Å²) < 4.78 is 0. The van der Waals surface area contributed by atoms with Gasteiger partial charge in [-0.05, 0) is 5.92 Å². The molecule has 1 rings (SSSR count). The van der Waals surface area contributed by atoms with Crippen LogP contribution in [0, 0.1) is 5.92 Å². The molecule has 0 saturated carbocycles. The summed E-state index contributed by atoms with van der Waals surface area (Å²) in [5, 5.41) is 7.13. The van der Waals surface area contributed by atoms with Crippen molar-refractivity contribution in [3.05, 3.63) is 6.08 Å². The lowest BCUT2D eigenvalue weighted by molar-refractivity contribution is 0.892. The molecule has 0 atom stereocenters. The van der Waals surface area contributed by atoms with E-state index in [0.717, 1.165) is 5.71 Å². The van der Waals surface area contributed by atoms with Crippen LogP contribution >= 0.6 is 0 Å². The van der Waals surface area contributed by atoms with E-state index in [1.807, 2.05) is 0 Å². The molecule has 0 spiro atoms. The zero-order chi connectivity index (χ0) is 7.40. The minimum absolute atomic E-state index is 0.409. The summed E-state index contributed by atoms with van der Waals surface area (Å²) in [6.07, 6.45) is 3.18. The van der Waals surface area contributed by atoms with Gasteiger partial charge >= 0.3 is 0 Å². The average molecular weight is 135 g/mol. The summed E-state index contributed by atoms with van der Waals surface area (Å²) in [4.78, 5) is 4.04. The first-order valence-corrected chi connectivity index (χ1v) is 3.18. The molecule has 0 aromatic rings. The first-order chi connectivity index (χ1) is 4.80. The number of hydrogen-bond donors (Lipinski definition) is 0. The quantitative estimate of drug-likeness (QED) is 0.519. The molecular weight excluding hydrogens is 126 g/mol. The number of allylic oxidation sites excluding steroid dienone is 1. The third kappa shape index (κ3) is 1.64. The monoisotopic (exact) mass is 135 g/mol. The Balaban J connectivity index is 2.86. The van der Waals surface area contributed by atoms with E-state index >= 15 is 0 Å². The van der Waals surface area contributed by atoms with Crippen LogP contribution in [-0.4, -0.2) is 17.9 Å². The molecule has 0 saturated heterocycles. The van der Waals surface area contributed by atoms with Gasteiger partial charge in [-0.25, -0.2) is 4.99 Å². The molecule has 0 aromatic carbocycles.